The monoisotopic (exact) mass is 325 g/mol. The summed E-state index contributed by atoms with van der Waals surface area (Å²) in [6.07, 6.45) is 3.10. The van der Waals surface area contributed by atoms with Crippen LogP contribution in [0.3, 0.4) is 0 Å². The predicted octanol–water partition coefficient (Wildman–Crippen LogP) is 2.59. The zero-order chi connectivity index (χ0) is 15.9. The van der Waals surface area contributed by atoms with Gasteiger partial charge in [-0.2, -0.15) is 0 Å². The molecule has 1 atom stereocenters. The zero-order valence-corrected chi connectivity index (χ0v) is 14.3. The second kappa shape index (κ2) is 8.39. The SMILES string of the molecule is CN=C(NCc1cc(F)ccc1SC)N(C)CC1CCOC1. The van der Waals surface area contributed by atoms with Gasteiger partial charge in [-0.3, -0.25) is 4.99 Å². The molecule has 1 heterocycles. The molecule has 1 N–H and O–H groups in total. The third-order valence-corrected chi connectivity index (χ3v) is 4.65. The van der Waals surface area contributed by atoms with Crippen molar-refractivity contribution in [2.45, 2.75) is 17.9 Å². The van der Waals surface area contributed by atoms with Crippen molar-refractivity contribution in [1.82, 2.24) is 10.2 Å². The summed E-state index contributed by atoms with van der Waals surface area (Å²) in [6, 6.07) is 4.90. The number of rotatable bonds is 5. The van der Waals surface area contributed by atoms with E-state index >= 15 is 0 Å². The van der Waals surface area contributed by atoms with Gasteiger partial charge in [-0.05, 0) is 36.4 Å². The van der Waals surface area contributed by atoms with Crippen LogP contribution >= 0.6 is 11.8 Å². The van der Waals surface area contributed by atoms with Gasteiger partial charge >= 0.3 is 0 Å². The predicted molar refractivity (Wildman–Crippen MR) is 89.9 cm³/mol. The molecule has 122 valence electrons. The average Bonchev–Trinajstić information content (AvgIpc) is 3.01. The summed E-state index contributed by atoms with van der Waals surface area (Å²) in [5.74, 6) is 1.17. The number of nitrogens with one attached hydrogen (secondary N) is 1. The molecule has 0 radical (unpaired) electrons. The van der Waals surface area contributed by atoms with E-state index in [-0.39, 0.29) is 5.82 Å². The summed E-state index contributed by atoms with van der Waals surface area (Å²) in [4.78, 5) is 7.50. The second-order valence-electron chi connectivity index (χ2n) is 5.47. The van der Waals surface area contributed by atoms with Gasteiger partial charge in [0.15, 0.2) is 5.96 Å². The van der Waals surface area contributed by atoms with Gasteiger partial charge in [0.2, 0.25) is 0 Å². The highest BCUT2D eigenvalue weighted by Crippen LogP contribution is 2.21. The van der Waals surface area contributed by atoms with E-state index in [9.17, 15) is 4.39 Å². The van der Waals surface area contributed by atoms with Crippen molar-refractivity contribution in [1.29, 1.82) is 0 Å². The maximum Gasteiger partial charge on any atom is 0.193 e. The van der Waals surface area contributed by atoms with Gasteiger partial charge in [-0.1, -0.05) is 0 Å². The van der Waals surface area contributed by atoms with E-state index in [0.29, 0.717) is 12.5 Å². The summed E-state index contributed by atoms with van der Waals surface area (Å²) in [7, 11) is 3.79. The lowest BCUT2D eigenvalue weighted by Gasteiger charge is -2.24. The maximum absolute atomic E-state index is 13.4. The summed E-state index contributed by atoms with van der Waals surface area (Å²) >= 11 is 1.62. The quantitative estimate of drug-likeness (QED) is 0.513. The van der Waals surface area contributed by atoms with Crippen molar-refractivity contribution < 1.29 is 9.13 Å². The first kappa shape index (κ1) is 17.1. The molecule has 1 aliphatic heterocycles. The Labute approximate surface area is 136 Å². The molecule has 0 bridgehead atoms. The standard InChI is InChI=1S/C16H24FN3OS/c1-18-16(20(2)10-12-6-7-21-11-12)19-9-13-8-14(17)4-5-15(13)22-3/h4-5,8,12H,6-7,9-11H2,1-3H3,(H,18,19). The molecule has 0 aromatic heterocycles. The molecule has 6 heteroatoms. The van der Waals surface area contributed by atoms with Crippen molar-refractivity contribution in [3.8, 4) is 0 Å². The van der Waals surface area contributed by atoms with Crippen LogP contribution in [-0.4, -0.2) is 51.0 Å². The fourth-order valence-corrected chi connectivity index (χ4v) is 3.24. The lowest BCUT2D eigenvalue weighted by molar-refractivity contribution is 0.181. The first-order valence-corrected chi connectivity index (χ1v) is 8.68. The third kappa shape index (κ3) is 4.61. The molecule has 0 saturated carbocycles. The number of benzene rings is 1. The summed E-state index contributed by atoms with van der Waals surface area (Å²) < 4.78 is 18.8. The topological polar surface area (TPSA) is 36.9 Å². The highest BCUT2D eigenvalue weighted by atomic mass is 32.2. The molecule has 1 saturated heterocycles. The van der Waals surface area contributed by atoms with Crippen LogP contribution in [0.2, 0.25) is 0 Å². The molecule has 2 rings (SSSR count). The summed E-state index contributed by atoms with van der Waals surface area (Å²) in [6.45, 7) is 3.15. The molecule has 1 aliphatic rings. The molecule has 0 spiro atoms. The van der Waals surface area contributed by atoms with Crippen molar-refractivity contribution in [2.24, 2.45) is 10.9 Å². The third-order valence-electron chi connectivity index (χ3n) is 3.81. The number of nitrogens with zero attached hydrogens (tertiary/aromatic N) is 2. The number of thioether (sulfide) groups is 1. The Bertz CT molecular complexity index is 518. The molecule has 0 amide bonds. The molecule has 1 unspecified atom stereocenters. The number of guanidine groups is 1. The molecule has 1 fully saturated rings. The van der Waals surface area contributed by atoms with Gasteiger partial charge in [-0.15, -0.1) is 11.8 Å². The van der Waals surface area contributed by atoms with E-state index in [4.69, 9.17) is 4.74 Å². The van der Waals surface area contributed by atoms with E-state index < -0.39 is 0 Å². The fourth-order valence-electron chi connectivity index (χ4n) is 2.65. The number of ether oxygens (including phenoxy) is 1. The van der Waals surface area contributed by atoms with E-state index in [2.05, 4.69) is 15.2 Å². The van der Waals surface area contributed by atoms with Crippen LogP contribution in [0.25, 0.3) is 0 Å². The van der Waals surface area contributed by atoms with E-state index in [0.717, 1.165) is 42.6 Å². The van der Waals surface area contributed by atoms with Crippen LogP contribution < -0.4 is 5.32 Å². The van der Waals surface area contributed by atoms with E-state index in [1.807, 2.05) is 19.4 Å². The second-order valence-corrected chi connectivity index (χ2v) is 6.32. The minimum atomic E-state index is -0.207. The van der Waals surface area contributed by atoms with E-state index in [1.54, 1.807) is 24.9 Å². The minimum absolute atomic E-state index is 0.207. The molecular formula is C16H24FN3OS. The van der Waals surface area contributed by atoms with Gasteiger partial charge in [0, 0.05) is 44.6 Å². The van der Waals surface area contributed by atoms with Crippen molar-refractivity contribution >= 4 is 17.7 Å². The molecule has 0 aliphatic carbocycles. The van der Waals surface area contributed by atoms with Gasteiger partial charge in [0.1, 0.15) is 5.82 Å². The molecule has 1 aromatic rings. The van der Waals surface area contributed by atoms with Crippen LogP contribution in [-0.2, 0) is 11.3 Å². The first-order valence-electron chi connectivity index (χ1n) is 7.46. The minimum Gasteiger partial charge on any atom is -0.381 e. The van der Waals surface area contributed by atoms with Crippen LogP contribution in [0.5, 0.6) is 0 Å². The van der Waals surface area contributed by atoms with Crippen LogP contribution in [0.15, 0.2) is 28.1 Å². The Kier molecular flexibility index (Phi) is 6.51. The number of halogens is 1. The number of hydrogen-bond acceptors (Lipinski definition) is 3. The van der Waals surface area contributed by atoms with Crippen LogP contribution in [0.1, 0.15) is 12.0 Å². The molecular weight excluding hydrogens is 301 g/mol. The number of hydrogen-bond donors (Lipinski definition) is 1. The normalized spacial score (nSPS) is 18.5. The van der Waals surface area contributed by atoms with E-state index in [1.165, 1.54) is 6.07 Å². The van der Waals surface area contributed by atoms with Gasteiger partial charge in [-0.25, -0.2) is 4.39 Å². The van der Waals surface area contributed by atoms with Crippen molar-refractivity contribution in [3.63, 3.8) is 0 Å². The Morgan fingerprint density at radius 1 is 1.55 bits per heavy atom. The van der Waals surface area contributed by atoms with Crippen LogP contribution in [0, 0.1) is 11.7 Å². The average molecular weight is 325 g/mol. The van der Waals surface area contributed by atoms with Crippen LogP contribution in [0.4, 0.5) is 4.39 Å². The largest absolute Gasteiger partial charge is 0.381 e. The molecule has 22 heavy (non-hydrogen) atoms. The zero-order valence-electron chi connectivity index (χ0n) is 13.4. The highest BCUT2D eigenvalue weighted by Gasteiger charge is 2.19. The number of aliphatic imine (C=N–C) groups is 1. The van der Waals surface area contributed by atoms with Gasteiger partial charge < -0.3 is 15.0 Å². The summed E-state index contributed by atoms with van der Waals surface area (Å²) in [5, 5.41) is 3.32. The molecule has 4 nitrogen and oxygen atoms in total. The fraction of sp³-hybridized carbons (Fsp3) is 0.562. The van der Waals surface area contributed by atoms with Gasteiger partial charge in [0.05, 0.1) is 6.61 Å². The molecule has 1 aromatic carbocycles. The van der Waals surface area contributed by atoms with Gasteiger partial charge in [0.25, 0.3) is 0 Å². The Morgan fingerprint density at radius 2 is 2.36 bits per heavy atom. The highest BCUT2D eigenvalue weighted by molar-refractivity contribution is 7.98. The lowest BCUT2D eigenvalue weighted by atomic mass is 10.1. The summed E-state index contributed by atoms with van der Waals surface area (Å²) in [5.41, 5.74) is 0.950. The maximum atomic E-state index is 13.4. The Hall–Kier alpha value is -1.27. The first-order chi connectivity index (χ1) is 10.6. The van der Waals surface area contributed by atoms with Crippen molar-refractivity contribution in [2.75, 3.05) is 40.1 Å². The smallest absolute Gasteiger partial charge is 0.193 e. The lowest BCUT2D eigenvalue weighted by Crippen LogP contribution is -2.41. The Balaban J connectivity index is 1.94. The Morgan fingerprint density at radius 3 is 3.00 bits per heavy atom. The van der Waals surface area contributed by atoms with Crippen molar-refractivity contribution in [3.05, 3.63) is 29.6 Å².